The minimum atomic E-state index is -0.188. The molecular weight excluding hydrogens is 350 g/mol. The van der Waals surface area contributed by atoms with Crippen LogP contribution in [0, 0.1) is 6.92 Å². The highest BCUT2D eigenvalue weighted by Gasteiger charge is 2.21. The van der Waals surface area contributed by atoms with E-state index in [1.807, 2.05) is 49.4 Å². The van der Waals surface area contributed by atoms with E-state index >= 15 is 0 Å². The second kappa shape index (κ2) is 7.30. The number of hydrogen-bond acceptors (Lipinski definition) is 2. The highest BCUT2D eigenvalue weighted by atomic mass is 79.9. The molecule has 0 bridgehead atoms. The van der Waals surface area contributed by atoms with Crippen LogP contribution in [0.25, 0.3) is 0 Å². The summed E-state index contributed by atoms with van der Waals surface area (Å²) in [7, 11) is 0. The Balaban J connectivity index is 2.30. The fourth-order valence-corrected chi connectivity index (χ4v) is 2.75. The van der Waals surface area contributed by atoms with E-state index in [2.05, 4.69) is 22.9 Å². The van der Waals surface area contributed by atoms with E-state index in [0.717, 1.165) is 27.8 Å². The maximum Gasteiger partial charge on any atom is 0.139 e. The summed E-state index contributed by atoms with van der Waals surface area (Å²) in [5, 5.41) is 0.711. The molecule has 112 valence electrons. The number of hydrogen-bond donors (Lipinski definition) is 1. The lowest BCUT2D eigenvalue weighted by Crippen LogP contribution is -2.31. The van der Waals surface area contributed by atoms with Gasteiger partial charge in [0.25, 0.3) is 0 Å². The molecule has 0 saturated heterocycles. The van der Waals surface area contributed by atoms with Crippen LogP contribution in [-0.2, 0) is 0 Å². The van der Waals surface area contributed by atoms with Gasteiger partial charge in [-0.2, -0.15) is 0 Å². The van der Waals surface area contributed by atoms with Crippen LogP contribution in [-0.4, -0.2) is 6.04 Å². The molecule has 2 rings (SSSR count). The summed E-state index contributed by atoms with van der Waals surface area (Å²) in [5.74, 6) is 0.849. The van der Waals surface area contributed by atoms with Crippen molar-refractivity contribution in [3.63, 3.8) is 0 Å². The summed E-state index contributed by atoms with van der Waals surface area (Å²) in [4.78, 5) is 0. The molecule has 0 amide bonds. The number of nitrogens with two attached hydrogens (primary N) is 1. The van der Waals surface area contributed by atoms with Crippen molar-refractivity contribution in [3.05, 3.63) is 63.1 Å². The zero-order chi connectivity index (χ0) is 15.4. The third-order valence-corrected chi connectivity index (χ3v) is 4.19. The van der Waals surface area contributed by atoms with Crippen molar-refractivity contribution >= 4 is 27.5 Å². The summed E-state index contributed by atoms with van der Waals surface area (Å²) in [6.45, 7) is 4.09. The molecule has 2 aromatic carbocycles. The van der Waals surface area contributed by atoms with Crippen LogP contribution < -0.4 is 10.5 Å². The molecule has 0 spiro atoms. The molecular formula is C17H19BrClNO. The van der Waals surface area contributed by atoms with E-state index in [9.17, 15) is 0 Å². The molecule has 4 heteroatoms. The van der Waals surface area contributed by atoms with E-state index in [1.165, 1.54) is 0 Å². The van der Waals surface area contributed by atoms with Gasteiger partial charge >= 0.3 is 0 Å². The molecule has 0 fully saturated rings. The summed E-state index contributed by atoms with van der Waals surface area (Å²) >= 11 is 9.42. The Morgan fingerprint density at radius 2 is 1.86 bits per heavy atom. The molecule has 0 aromatic heterocycles. The maximum absolute atomic E-state index is 6.25. The molecule has 0 saturated carbocycles. The molecule has 2 unspecified atom stereocenters. The normalized spacial score (nSPS) is 13.8. The highest BCUT2D eigenvalue weighted by Crippen LogP contribution is 2.30. The van der Waals surface area contributed by atoms with Crippen LogP contribution in [0.4, 0.5) is 0 Å². The van der Waals surface area contributed by atoms with Gasteiger partial charge in [0.05, 0.1) is 0 Å². The molecule has 2 aromatic rings. The molecule has 21 heavy (non-hydrogen) atoms. The fourth-order valence-electron chi connectivity index (χ4n) is 2.15. The Labute approximate surface area is 139 Å². The van der Waals surface area contributed by atoms with E-state index in [4.69, 9.17) is 22.1 Å². The van der Waals surface area contributed by atoms with E-state index in [1.54, 1.807) is 0 Å². The largest absolute Gasteiger partial charge is 0.484 e. The predicted octanol–water partition coefficient (Wildman–Crippen LogP) is 5.27. The minimum absolute atomic E-state index is 0.0748. The molecule has 0 aliphatic carbocycles. The Morgan fingerprint density at radius 1 is 1.19 bits per heavy atom. The van der Waals surface area contributed by atoms with Crippen molar-refractivity contribution in [1.82, 2.24) is 0 Å². The SMILES string of the molecule is CCC(N)C(Oc1ccc(Br)cc1C)c1ccc(Cl)cc1. The number of benzene rings is 2. The van der Waals surface area contributed by atoms with Crippen LogP contribution in [0.3, 0.4) is 0 Å². The second-order valence-corrected chi connectivity index (χ2v) is 6.42. The van der Waals surface area contributed by atoms with Crippen LogP contribution in [0.1, 0.15) is 30.6 Å². The topological polar surface area (TPSA) is 35.2 Å². The predicted molar refractivity (Wildman–Crippen MR) is 92.0 cm³/mol. The molecule has 2 N–H and O–H groups in total. The van der Waals surface area contributed by atoms with Crippen LogP contribution in [0.2, 0.25) is 5.02 Å². The second-order valence-electron chi connectivity index (χ2n) is 5.07. The first-order chi connectivity index (χ1) is 10.0. The van der Waals surface area contributed by atoms with Gasteiger partial charge in [-0.1, -0.05) is 46.6 Å². The minimum Gasteiger partial charge on any atom is -0.484 e. The maximum atomic E-state index is 6.25. The van der Waals surface area contributed by atoms with Crippen molar-refractivity contribution in [2.24, 2.45) is 5.73 Å². The average Bonchev–Trinajstić information content (AvgIpc) is 2.47. The van der Waals surface area contributed by atoms with Crippen LogP contribution in [0.5, 0.6) is 5.75 Å². The number of ether oxygens (including phenoxy) is 1. The molecule has 2 nitrogen and oxygen atoms in total. The van der Waals surface area contributed by atoms with E-state index < -0.39 is 0 Å². The molecule has 0 aliphatic rings. The Kier molecular flexibility index (Phi) is 5.68. The average molecular weight is 369 g/mol. The van der Waals surface area contributed by atoms with E-state index in [-0.39, 0.29) is 12.1 Å². The molecule has 0 radical (unpaired) electrons. The van der Waals surface area contributed by atoms with Gasteiger partial charge in [-0.15, -0.1) is 0 Å². The molecule has 0 aliphatic heterocycles. The third kappa shape index (κ3) is 4.22. The quantitative estimate of drug-likeness (QED) is 0.780. The monoisotopic (exact) mass is 367 g/mol. The van der Waals surface area contributed by atoms with Crippen molar-refractivity contribution in [2.75, 3.05) is 0 Å². The molecule has 2 atom stereocenters. The Bertz CT molecular complexity index is 600. The number of aryl methyl sites for hydroxylation is 1. The van der Waals surface area contributed by atoms with Crippen molar-refractivity contribution in [1.29, 1.82) is 0 Å². The standard InChI is InChI=1S/C17H19BrClNO/c1-3-15(20)17(12-4-7-14(19)8-5-12)21-16-9-6-13(18)10-11(16)2/h4-10,15,17H,3,20H2,1-2H3. The first-order valence-electron chi connectivity index (χ1n) is 6.95. The van der Waals surface area contributed by atoms with Crippen LogP contribution in [0.15, 0.2) is 46.9 Å². The number of rotatable bonds is 5. The fraction of sp³-hybridized carbons (Fsp3) is 0.294. The Morgan fingerprint density at radius 3 is 2.43 bits per heavy atom. The smallest absolute Gasteiger partial charge is 0.139 e. The van der Waals surface area contributed by atoms with Gasteiger partial charge in [-0.3, -0.25) is 0 Å². The summed E-state index contributed by atoms with van der Waals surface area (Å²) < 4.78 is 7.23. The van der Waals surface area contributed by atoms with Gasteiger partial charge in [0.15, 0.2) is 0 Å². The van der Waals surface area contributed by atoms with Gasteiger partial charge in [0.1, 0.15) is 11.9 Å². The zero-order valence-electron chi connectivity index (χ0n) is 12.1. The van der Waals surface area contributed by atoms with Crippen molar-refractivity contribution < 1.29 is 4.74 Å². The van der Waals surface area contributed by atoms with Gasteiger partial charge in [-0.05, 0) is 54.8 Å². The molecule has 0 heterocycles. The first kappa shape index (κ1) is 16.3. The van der Waals surface area contributed by atoms with Crippen molar-refractivity contribution in [3.8, 4) is 5.75 Å². The first-order valence-corrected chi connectivity index (χ1v) is 8.12. The zero-order valence-corrected chi connectivity index (χ0v) is 14.5. The van der Waals surface area contributed by atoms with E-state index in [0.29, 0.717) is 5.02 Å². The summed E-state index contributed by atoms with van der Waals surface area (Å²) in [6.07, 6.45) is 0.648. The van der Waals surface area contributed by atoms with Gasteiger partial charge < -0.3 is 10.5 Å². The van der Waals surface area contributed by atoms with Gasteiger partial charge in [0.2, 0.25) is 0 Å². The third-order valence-electron chi connectivity index (χ3n) is 3.45. The lowest BCUT2D eigenvalue weighted by molar-refractivity contribution is 0.170. The Hall–Kier alpha value is -1.03. The number of halogens is 2. The van der Waals surface area contributed by atoms with Gasteiger partial charge in [-0.25, -0.2) is 0 Å². The highest BCUT2D eigenvalue weighted by molar-refractivity contribution is 9.10. The summed E-state index contributed by atoms with van der Waals surface area (Å²) in [6, 6.07) is 13.6. The lowest BCUT2D eigenvalue weighted by Gasteiger charge is -2.25. The summed E-state index contributed by atoms with van der Waals surface area (Å²) in [5.41, 5.74) is 8.36. The van der Waals surface area contributed by atoms with Crippen LogP contribution >= 0.6 is 27.5 Å². The van der Waals surface area contributed by atoms with Crippen molar-refractivity contribution in [2.45, 2.75) is 32.4 Å². The lowest BCUT2D eigenvalue weighted by atomic mass is 10.0. The van der Waals surface area contributed by atoms with Gasteiger partial charge in [0, 0.05) is 15.5 Å².